The highest BCUT2D eigenvalue weighted by molar-refractivity contribution is 7.62. The lowest BCUT2D eigenvalue weighted by molar-refractivity contribution is -0.384. The molecule has 0 fully saturated rings. The highest BCUT2D eigenvalue weighted by Gasteiger charge is 2.35. The van der Waals surface area contributed by atoms with E-state index in [4.69, 9.17) is 17.9 Å². The third-order valence-electron chi connectivity index (χ3n) is 4.02. The van der Waals surface area contributed by atoms with E-state index in [0.717, 1.165) is 5.56 Å². The summed E-state index contributed by atoms with van der Waals surface area (Å²) < 4.78 is 35.2. The highest BCUT2D eigenvalue weighted by Crippen LogP contribution is 2.48. The summed E-state index contributed by atoms with van der Waals surface area (Å²) in [5.41, 5.74) is 0.785. The van der Waals surface area contributed by atoms with Crippen LogP contribution >= 0.6 is 7.60 Å². The first kappa shape index (κ1) is 21.8. The molecule has 0 unspecified atom stereocenters. The Balaban J connectivity index is 1.89. The van der Waals surface area contributed by atoms with Gasteiger partial charge >= 0.3 is 7.60 Å². The van der Waals surface area contributed by atoms with Crippen molar-refractivity contribution < 1.29 is 27.4 Å². The maximum Gasteiger partial charge on any atom is 0.385 e. The minimum Gasteiger partial charge on any atom is -0.467 e. The summed E-state index contributed by atoms with van der Waals surface area (Å²) in [6.45, 7) is 4.03. The average Bonchev–Trinajstić information content (AvgIpc) is 3.37. The van der Waals surface area contributed by atoms with Gasteiger partial charge in [0.15, 0.2) is 0 Å². The van der Waals surface area contributed by atoms with E-state index < -0.39 is 12.5 Å². The summed E-state index contributed by atoms with van der Waals surface area (Å²) >= 11 is 0. The third kappa shape index (κ3) is 5.15. The third-order valence-corrected chi connectivity index (χ3v) is 6.04. The molecule has 0 aliphatic rings. The Kier molecular flexibility index (Phi) is 7.04. The zero-order chi connectivity index (χ0) is 21.6. The Labute approximate surface area is 172 Å². The molecule has 30 heavy (non-hydrogen) atoms. The number of rotatable bonds is 11. The Morgan fingerprint density at radius 3 is 2.43 bits per heavy atom. The van der Waals surface area contributed by atoms with Crippen LogP contribution in [0.3, 0.4) is 0 Å². The van der Waals surface area contributed by atoms with Gasteiger partial charge in [-0.1, -0.05) is 12.1 Å². The number of nitro groups is 1. The zero-order valence-electron chi connectivity index (χ0n) is 16.6. The second-order valence-corrected chi connectivity index (χ2v) is 8.06. The molecule has 2 aromatic heterocycles. The first-order valence-electron chi connectivity index (χ1n) is 9.34. The molecule has 0 aliphatic heterocycles. The van der Waals surface area contributed by atoms with Gasteiger partial charge in [0.25, 0.3) is 5.69 Å². The molecule has 0 saturated heterocycles. The summed E-state index contributed by atoms with van der Waals surface area (Å²) in [7, 11) is -3.71. The fourth-order valence-electron chi connectivity index (χ4n) is 2.72. The van der Waals surface area contributed by atoms with E-state index >= 15 is 0 Å². The smallest absolute Gasteiger partial charge is 0.385 e. The van der Waals surface area contributed by atoms with Gasteiger partial charge in [-0.05, 0) is 31.5 Å². The van der Waals surface area contributed by atoms with Gasteiger partial charge in [-0.25, -0.2) is 4.98 Å². The average molecular weight is 435 g/mol. The van der Waals surface area contributed by atoms with Gasteiger partial charge in [-0.15, -0.1) is 0 Å². The van der Waals surface area contributed by atoms with Crippen LogP contribution in [0.15, 0.2) is 51.5 Å². The predicted octanol–water partition coefficient (Wildman–Crippen LogP) is 4.27. The first-order chi connectivity index (χ1) is 14.4. The molecule has 3 aromatic rings. The first-order valence-corrected chi connectivity index (χ1v) is 10.9. The molecule has 0 radical (unpaired) electrons. The van der Waals surface area contributed by atoms with Crippen molar-refractivity contribution in [2.24, 2.45) is 0 Å². The van der Waals surface area contributed by atoms with Crippen LogP contribution in [0.2, 0.25) is 0 Å². The number of benzene rings is 1. The summed E-state index contributed by atoms with van der Waals surface area (Å²) in [6, 6.07) is 9.57. The SMILES string of the molecule is CCOP(=O)(OCC)c1nc(Cc2ccc([N+](=O)[O-])cc2)oc1NCc1ccco1. The minimum atomic E-state index is -3.71. The van der Waals surface area contributed by atoms with Crippen molar-refractivity contribution >= 4 is 24.6 Å². The number of nitrogens with one attached hydrogen (secondary N) is 1. The van der Waals surface area contributed by atoms with E-state index in [0.29, 0.717) is 5.76 Å². The topological polar surface area (TPSA) is 130 Å². The lowest BCUT2D eigenvalue weighted by atomic mass is 10.1. The van der Waals surface area contributed by atoms with Gasteiger partial charge < -0.3 is 23.2 Å². The molecule has 0 atom stereocenters. The molecule has 1 N–H and O–H groups in total. The van der Waals surface area contributed by atoms with Gasteiger partial charge in [0, 0.05) is 18.6 Å². The van der Waals surface area contributed by atoms with Crippen LogP contribution in [-0.2, 0) is 26.6 Å². The van der Waals surface area contributed by atoms with E-state index in [-0.39, 0.29) is 49.1 Å². The molecule has 0 amide bonds. The minimum absolute atomic E-state index is 0.00941. The summed E-state index contributed by atoms with van der Waals surface area (Å²) in [4.78, 5) is 14.7. The van der Waals surface area contributed by atoms with Crippen LogP contribution < -0.4 is 10.8 Å². The number of aromatic nitrogens is 1. The monoisotopic (exact) mass is 435 g/mol. The Morgan fingerprint density at radius 2 is 1.87 bits per heavy atom. The quantitative estimate of drug-likeness (QED) is 0.266. The number of non-ortho nitro benzene ring substituents is 1. The standard InChI is InChI=1S/C19H22N3O7P/c1-3-27-30(25,28-4-2)19-18(20-13-16-6-5-11-26-16)29-17(21-19)12-14-7-9-15(10-8-14)22(23)24/h5-11,20H,3-4,12-13H2,1-2H3. The van der Waals surface area contributed by atoms with Crippen molar-refractivity contribution in [2.45, 2.75) is 26.8 Å². The number of hydrogen-bond acceptors (Lipinski definition) is 9. The van der Waals surface area contributed by atoms with Gasteiger partial charge in [0.2, 0.25) is 17.2 Å². The Morgan fingerprint density at radius 1 is 1.17 bits per heavy atom. The van der Waals surface area contributed by atoms with E-state index in [2.05, 4.69) is 10.3 Å². The summed E-state index contributed by atoms with van der Waals surface area (Å²) in [5, 5.41) is 13.8. The lowest BCUT2D eigenvalue weighted by Crippen LogP contribution is -2.16. The van der Waals surface area contributed by atoms with E-state index in [1.54, 1.807) is 44.4 Å². The van der Waals surface area contributed by atoms with Crippen molar-refractivity contribution in [1.82, 2.24) is 4.98 Å². The van der Waals surface area contributed by atoms with Crippen LogP contribution in [0.5, 0.6) is 0 Å². The number of anilines is 1. The fraction of sp³-hybridized carbons (Fsp3) is 0.316. The number of nitro benzene ring substituents is 1. The van der Waals surface area contributed by atoms with Crippen LogP contribution in [0.25, 0.3) is 0 Å². The molecular weight excluding hydrogens is 413 g/mol. The molecule has 0 spiro atoms. The molecule has 3 rings (SSSR count). The molecule has 11 heteroatoms. The van der Waals surface area contributed by atoms with Crippen molar-refractivity contribution in [3.63, 3.8) is 0 Å². The normalized spacial score (nSPS) is 11.5. The Hall–Kier alpha value is -2.94. The fourth-order valence-corrected chi connectivity index (χ4v) is 4.33. The van der Waals surface area contributed by atoms with Crippen LogP contribution in [0.4, 0.5) is 11.6 Å². The lowest BCUT2D eigenvalue weighted by Gasteiger charge is -2.15. The van der Waals surface area contributed by atoms with Gasteiger partial charge in [-0.3, -0.25) is 14.7 Å². The second kappa shape index (κ2) is 9.71. The molecular formula is C19H22N3O7P. The van der Waals surface area contributed by atoms with Crippen molar-refractivity contribution in [3.8, 4) is 0 Å². The van der Waals surface area contributed by atoms with Gasteiger partial charge in [0.1, 0.15) is 5.76 Å². The van der Waals surface area contributed by atoms with Crippen molar-refractivity contribution in [3.05, 3.63) is 70.0 Å². The summed E-state index contributed by atoms with van der Waals surface area (Å²) in [6.07, 6.45) is 1.79. The molecule has 10 nitrogen and oxygen atoms in total. The van der Waals surface area contributed by atoms with Crippen molar-refractivity contribution in [2.75, 3.05) is 18.5 Å². The Bertz CT molecular complexity index is 1010. The van der Waals surface area contributed by atoms with E-state index in [1.807, 2.05) is 0 Å². The number of nitrogens with zero attached hydrogens (tertiary/aromatic N) is 2. The van der Waals surface area contributed by atoms with Crippen LogP contribution in [0.1, 0.15) is 31.1 Å². The van der Waals surface area contributed by atoms with Gasteiger partial charge in [-0.2, -0.15) is 0 Å². The van der Waals surface area contributed by atoms with Gasteiger partial charge in [0.05, 0.1) is 30.9 Å². The number of furan rings is 1. The number of oxazole rings is 1. The van der Waals surface area contributed by atoms with Crippen LogP contribution in [0, 0.1) is 10.1 Å². The predicted molar refractivity (Wildman–Crippen MR) is 109 cm³/mol. The van der Waals surface area contributed by atoms with Crippen LogP contribution in [-0.4, -0.2) is 23.1 Å². The maximum atomic E-state index is 13.3. The molecule has 0 saturated carbocycles. The zero-order valence-corrected chi connectivity index (χ0v) is 17.5. The summed E-state index contributed by atoms with van der Waals surface area (Å²) in [5.74, 6) is 1.07. The highest BCUT2D eigenvalue weighted by atomic mass is 31.2. The second-order valence-electron chi connectivity index (χ2n) is 6.13. The van der Waals surface area contributed by atoms with E-state index in [1.165, 1.54) is 12.1 Å². The largest absolute Gasteiger partial charge is 0.467 e. The molecule has 0 bridgehead atoms. The molecule has 0 aliphatic carbocycles. The van der Waals surface area contributed by atoms with E-state index in [9.17, 15) is 14.7 Å². The number of hydrogen-bond donors (Lipinski definition) is 1. The molecule has 1 aromatic carbocycles. The maximum absolute atomic E-state index is 13.3. The molecule has 2 heterocycles. The molecule has 160 valence electrons. The van der Waals surface area contributed by atoms with Crippen molar-refractivity contribution in [1.29, 1.82) is 0 Å².